The van der Waals surface area contributed by atoms with Gasteiger partial charge >= 0.3 is 0 Å². The average molecular weight is 388 g/mol. The lowest BCUT2D eigenvalue weighted by Crippen LogP contribution is -2.33. The number of hydrogen-bond acceptors (Lipinski definition) is 4. The van der Waals surface area contributed by atoms with Crippen molar-refractivity contribution in [2.24, 2.45) is 5.10 Å². The minimum absolute atomic E-state index is 0.322. The van der Waals surface area contributed by atoms with Crippen molar-refractivity contribution in [3.8, 4) is 17.2 Å². The van der Waals surface area contributed by atoms with E-state index in [4.69, 9.17) is 9.47 Å². The number of carbonyl (C=O) groups is 1. The third-order valence-corrected chi connectivity index (χ3v) is 4.24. The quantitative estimate of drug-likeness (QED) is 0.438. The van der Waals surface area contributed by atoms with Gasteiger partial charge in [0.1, 0.15) is 17.2 Å². The number of nitrogens with zero attached hydrogens (tertiary/aromatic N) is 1. The Bertz CT molecular complexity index is 953. The van der Waals surface area contributed by atoms with Crippen LogP contribution in [0.4, 0.5) is 0 Å². The van der Waals surface area contributed by atoms with Gasteiger partial charge in [-0.15, -0.1) is 0 Å². The Labute approximate surface area is 171 Å². The van der Waals surface area contributed by atoms with E-state index < -0.39 is 6.10 Å². The van der Waals surface area contributed by atoms with Crippen molar-refractivity contribution in [2.45, 2.75) is 26.4 Å². The van der Waals surface area contributed by atoms with Gasteiger partial charge in [0.25, 0.3) is 5.91 Å². The zero-order valence-electron chi connectivity index (χ0n) is 16.5. The molecule has 0 heterocycles. The summed E-state index contributed by atoms with van der Waals surface area (Å²) in [5, 5.41) is 4.02. The highest BCUT2D eigenvalue weighted by atomic mass is 16.5. The Morgan fingerprint density at radius 2 is 1.69 bits per heavy atom. The summed E-state index contributed by atoms with van der Waals surface area (Å²) in [6.45, 7) is 3.78. The SMILES string of the molecule is CCc1ccc(OC(C)C(=O)NN=Cc2cccc(Oc3ccccc3)c2)cc1. The molecule has 1 atom stereocenters. The second kappa shape index (κ2) is 10.1. The summed E-state index contributed by atoms with van der Waals surface area (Å²) in [5.41, 5.74) is 4.54. The fourth-order valence-corrected chi connectivity index (χ4v) is 2.61. The number of carbonyl (C=O) groups excluding carboxylic acids is 1. The molecule has 1 amide bonds. The Morgan fingerprint density at radius 1 is 0.966 bits per heavy atom. The lowest BCUT2D eigenvalue weighted by molar-refractivity contribution is -0.127. The molecule has 0 aromatic heterocycles. The zero-order chi connectivity index (χ0) is 20.5. The number of hydrogen-bond donors (Lipinski definition) is 1. The average Bonchev–Trinajstić information content (AvgIpc) is 2.75. The molecule has 3 aromatic carbocycles. The first-order valence-corrected chi connectivity index (χ1v) is 9.55. The van der Waals surface area contributed by atoms with Gasteiger partial charge in [-0.25, -0.2) is 5.43 Å². The molecule has 0 saturated heterocycles. The van der Waals surface area contributed by atoms with Crippen molar-refractivity contribution in [3.63, 3.8) is 0 Å². The predicted octanol–water partition coefficient (Wildman–Crippen LogP) is 4.96. The molecule has 0 saturated carbocycles. The lowest BCUT2D eigenvalue weighted by Gasteiger charge is -2.13. The molecule has 1 unspecified atom stereocenters. The smallest absolute Gasteiger partial charge is 0.280 e. The zero-order valence-corrected chi connectivity index (χ0v) is 16.5. The molecule has 0 fully saturated rings. The fraction of sp³-hybridized carbons (Fsp3) is 0.167. The molecule has 3 aromatic rings. The van der Waals surface area contributed by atoms with Crippen LogP contribution >= 0.6 is 0 Å². The van der Waals surface area contributed by atoms with Crippen LogP contribution in [0.25, 0.3) is 0 Å². The number of hydrazone groups is 1. The molecular formula is C24H24N2O3. The second-order valence-corrected chi connectivity index (χ2v) is 6.48. The molecule has 5 heteroatoms. The molecule has 0 spiro atoms. The van der Waals surface area contributed by atoms with Crippen LogP contribution in [-0.2, 0) is 11.2 Å². The molecule has 0 aliphatic carbocycles. The molecular weight excluding hydrogens is 364 g/mol. The van der Waals surface area contributed by atoms with Gasteiger partial charge in [-0.05, 0) is 60.9 Å². The monoisotopic (exact) mass is 388 g/mol. The Hall–Kier alpha value is -3.60. The second-order valence-electron chi connectivity index (χ2n) is 6.48. The highest BCUT2D eigenvalue weighted by Gasteiger charge is 2.13. The summed E-state index contributed by atoms with van der Waals surface area (Å²) in [6, 6.07) is 24.7. The van der Waals surface area contributed by atoms with Crippen molar-refractivity contribution in [1.29, 1.82) is 0 Å². The van der Waals surface area contributed by atoms with Gasteiger partial charge in [0.15, 0.2) is 6.10 Å². The largest absolute Gasteiger partial charge is 0.481 e. The number of rotatable bonds is 8. The van der Waals surface area contributed by atoms with Crippen molar-refractivity contribution >= 4 is 12.1 Å². The summed E-state index contributed by atoms with van der Waals surface area (Å²) >= 11 is 0. The summed E-state index contributed by atoms with van der Waals surface area (Å²) in [6.07, 6.45) is 1.87. The van der Waals surface area contributed by atoms with E-state index in [1.165, 1.54) is 5.56 Å². The van der Waals surface area contributed by atoms with Crippen LogP contribution < -0.4 is 14.9 Å². The van der Waals surface area contributed by atoms with Crippen LogP contribution in [-0.4, -0.2) is 18.2 Å². The summed E-state index contributed by atoms with van der Waals surface area (Å²) < 4.78 is 11.5. The molecule has 5 nitrogen and oxygen atoms in total. The first-order valence-electron chi connectivity index (χ1n) is 9.55. The first kappa shape index (κ1) is 20.1. The molecule has 0 aliphatic heterocycles. The number of benzene rings is 3. The van der Waals surface area contributed by atoms with Gasteiger partial charge in [-0.2, -0.15) is 5.10 Å². The van der Waals surface area contributed by atoms with Crippen LogP contribution in [0, 0.1) is 0 Å². The van der Waals surface area contributed by atoms with Gasteiger partial charge in [-0.1, -0.05) is 49.4 Å². The van der Waals surface area contributed by atoms with Crippen molar-refractivity contribution in [2.75, 3.05) is 0 Å². The Kier molecular flexibility index (Phi) is 7.00. The molecule has 148 valence electrons. The van der Waals surface area contributed by atoms with E-state index in [1.807, 2.05) is 78.9 Å². The molecule has 29 heavy (non-hydrogen) atoms. The fourth-order valence-electron chi connectivity index (χ4n) is 2.61. The highest BCUT2D eigenvalue weighted by Crippen LogP contribution is 2.21. The summed E-state index contributed by atoms with van der Waals surface area (Å²) in [7, 11) is 0. The standard InChI is InChI=1S/C24H24N2O3/c1-3-19-12-14-22(15-13-19)28-18(2)24(27)26-25-17-20-8-7-11-23(16-20)29-21-9-5-4-6-10-21/h4-18H,3H2,1-2H3,(H,26,27). The van der Waals surface area contributed by atoms with Crippen LogP contribution in [0.5, 0.6) is 17.2 Å². The maximum Gasteiger partial charge on any atom is 0.280 e. The van der Waals surface area contributed by atoms with Crippen LogP contribution in [0.1, 0.15) is 25.0 Å². The van der Waals surface area contributed by atoms with Crippen LogP contribution in [0.3, 0.4) is 0 Å². The minimum Gasteiger partial charge on any atom is -0.481 e. The number of nitrogens with one attached hydrogen (secondary N) is 1. The molecule has 0 aliphatic rings. The molecule has 0 bridgehead atoms. The van der Waals surface area contributed by atoms with E-state index in [9.17, 15) is 4.79 Å². The van der Waals surface area contributed by atoms with E-state index in [-0.39, 0.29) is 5.91 Å². The van der Waals surface area contributed by atoms with E-state index in [1.54, 1.807) is 13.1 Å². The third-order valence-electron chi connectivity index (χ3n) is 4.24. The number of aryl methyl sites for hydroxylation is 1. The topological polar surface area (TPSA) is 59.9 Å². The van der Waals surface area contributed by atoms with E-state index >= 15 is 0 Å². The van der Waals surface area contributed by atoms with Crippen LogP contribution in [0.2, 0.25) is 0 Å². The maximum atomic E-state index is 12.2. The third kappa shape index (κ3) is 6.21. The van der Waals surface area contributed by atoms with E-state index in [0.717, 1.165) is 17.7 Å². The maximum absolute atomic E-state index is 12.2. The molecule has 3 rings (SSSR count). The number of para-hydroxylation sites is 1. The lowest BCUT2D eigenvalue weighted by atomic mass is 10.2. The Balaban J connectivity index is 1.53. The minimum atomic E-state index is -0.660. The van der Waals surface area contributed by atoms with Gasteiger partial charge in [0.05, 0.1) is 6.21 Å². The van der Waals surface area contributed by atoms with Gasteiger partial charge in [-0.3, -0.25) is 4.79 Å². The molecule has 1 N–H and O–H groups in total. The van der Waals surface area contributed by atoms with E-state index in [0.29, 0.717) is 11.5 Å². The van der Waals surface area contributed by atoms with E-state index in [2.05, 4.69) is 17.5 Å². The van der Waals surface area contributed by atoms with Gasteiger partial charge < -0.3 is 9.47 Å². The Morgan fingerprint density at radius 3 is 2.41 bits per heavy atom. The number of ether oxygens (including phenoxy) is 2. The highest BCUT2D eigenvalue weighted by molar-refractivity contribution is 5.84. The van der Waals surface area contributed by atoms with Crippen molar-refractivity contribution in [1.82, 2.24) is 5.43 Å². The van der Waals surface area contributed by atoms with Crippen LogP contribution in [0.15, 0.2) is 84.0 Å². The normalized spacial score (nSPS) is 11.8. The van der Waals surface area contributed by atoms with Gasteiger partial charge in [0.2, 0.25) is 0 Å². The molecule has 0 radical (unpaired) electrons. The first-order chi connectivity index (χ1) is 14.1. The van der Waals surface area contributed by atoms with Crippen molar-refractivity contribution < 1.29 is 14.3 Å². The van der Waals surface area contributed by atoms with Gasteiger partial charge in [0, 0.05) is 0 Å². The summed E-state index contributed by atoms with van der Waals surface area (Å²) in [4.78, 5) is 12.2. The number of amides is 1. The summed E-state index contributed by atoms with van der Waals surface area (Å²) in [5.74, 6) is 1.78. The van der Waals surface area contributed by atoms with Crippen molar-refractivity contribution in [3.05, 3.63) is 90.0 Å². The predicted molar refractivity (Wildman–Crippen MR) is 115 cm³/mol.